The maximum absolute atomic E-state index is 12.6. The molecule has 1 aromatic heterocycles. The molecule has 2 atom stereocenters. The van der Waals surface area contributed by atoms with Gasteiger partial charge in [0.15, 0.2) is 0 Å². The van der Waals surface area contributed by atoms with E-state index in [9.17, 15) is 9.59 Å². The van der Waals surface area contributed by atoms with Crippen LogP contribution in [0.3, 0.4) is 0 Å². The Labute approximate surface area is 166 Å². The summed E-state index contributed by atoms with van der Waals surface area (Å²) in [5.74, 6) is 1.30. The monoisotopic (exact) mass is 390 g/mol. The van der Waals surface area contributed by atoms with Crippen LogP contribution in [0, 0.1) is 6.92 Å². The van der Waals surface area contributed by atoms with Crippen LogP contribution in [0.1, 0.15) is 50.7 Å². The van der Waals surface area contributed by atoms with Crippen LogP contribution in [-0.2, 0) is 32.0 Å². The predicted molar refractivity (Wildman–Crippen MR) is 104 cm³/mol. The third-order valence-corrected chi connectivity index (χ3v) is 5.07. The van der Waals surface area contributed by atoms with E-state index in [0.717, 1.165) is 36.0 Å². The van der Waals surface area contributed by atoms with E-state index in [4.69, 9.17) is 14.5 Å². The lowest BCUT2D eigenvalue weighted by molar-refractivity contribution is -0.145. The van der Waals surface area contributed by atoms with E-state index in [1.165, 1.54) is 0 Å². The van der Waals surface area contributed by atoms with Gasteiger partial charge in [-0.05, 0) is 27.7 Å². The fourth-order valence-corrected chi connectivity index (χ4v) is 3.94. The summed E-state index contributed by atoms with van der Waals surface area (Å²) in [4.78, 5) is 37.6. The Morgan fingerprint density at radius 3 is 2.57 bits per heavy atom. The van der Waals surface area contributed by atoms with Crippen molar-refractivity contribution < 1.29 is 19.1 Å². The molecule has 0 aliphatic carbocycles. The summed E-state index contributed by atoms with van der Waals surface area (Å²) in [5, 5.41) is 0. The topological polar surface area (TPSA) is 84.9 Å². The van der Waals surface area contributed by atoms with Crippen LogP contribution in [0.5, 0.6) is 0 Å². The highest BCUT2D eigenvalue weighted by atomic mass is 16.5. The van der Waals surface area contributed by atoms with Gasteiger partial charge in [0, 0.05) is 38.0 Å². The average Bonchev–Trinajstić information content (AvgIpc) is 2.64. The molecule has 8 heteroatoms. The van der Waals surface area contributed by atoms with Gasteiger partial charge in [0.1, 0.15) is 11.6 Å². The molecule has 1 fully saturated rings. The molecule has 3 heterocycles. The fraction of sp³-hybridized carbons (Fsp3) is 0.700. The van der Waals surface area contributed by atoms with E-state index in [0.29, 0.717) is 26.1 Å². The van der Waals surface area contributed by atoms with Gasteiger partial charge in [-0.15, -0.1) is 0 Å². The van der Waals surface area contributed by atoms with Gasteiger partial charge in [-0.3, -0.25) is 9.59 Å². The van der Waals surface area contributed by atoms with Crippen LogP contribution in [-0.4, -0.2) is 65.2 Å². The van der Waals surface area contributed by atoms with Gasteiger partial charge in [-0.2, -0.15) is 0 Å². The minimum Gasteiger partial charge on any atom is -0.466 e. The van der Waals surface area contributed by atoms with Crippen molar-refractivity contribution in [1.82, 2.24) is 14.9 Å². The first-order valence-corrected chi connectivity index (χ1v) is 10.1. The summed E-state index contributed by atoms with van der Waals surface area (Å²) < 4.78 is 10.8. The molecule has 1 saturated heterocycles. The van der Waals surface area contributed by atoms with Crippen LogP contribution in [0.25, 0.3) is 0 Å². The summed E-state index contributed by atoms with van der Waals surface area (Å²) in [6, 6.07) is 0. The van der Waals surface area contributed by atoms with Crippen molar-refractivity contribution in [3.63, 3.8) is 0 Å². The SMILES string of the molecule is CCOC(=O)CCC(=O)N1CCc2nc(C)nc(N3CC(C)OC(C)C3)c2C1. The van der Waals surface area contributed by atoms with Gasteiger partial charge in [-0.25, -0.2) is 9.97 Å². The summed E-state index contributed by atoms with van der Waals surface area (Å²) in [6.07, 6.45) is 1.24. The Morgan fingerprint density at radius 1 is 1.18 bits per heavy atom. The molecule has 0 spiro atoms. The van der Waals surface area contributed by atoms with Gasteiger partial charge in [0.05, 0.1) is 37.5 Å². The Morgan fingerprint density at radius 2 is 1.89 bits per heavy atom. The van der Waals surface area contributed by atoms with Crippen LogP contribution in [0.2, 0.25) is 0 Å². The number of nitrogens with zero attached hydrogens (tertiary/aromatic N) is 4. The summed E-state index contributed by atoms with van der Waals surface area (Å²) in [5.41, 5.74) is 2.03. The number of fused-ring (bicyclic) bond motifs is 1. The van der Waals surface area contributed by atoms with Crippen LogP contribution < -0.4 is 4.90 Å². The number of esters is 1. The van der Waals surface area contributed by atoms with E-state index < -0.39 is 0 Å². The molecule has 0 aromatic carbocycles. The van der Waals surface area contributed by atoms with Crippen molar-refractivity contribution in [3.05, 3.63) is 17.1 Å². The number of aromatic nitrogens is 2. The van der Waals surface area contributed by atoms with Crippen molar-refractivity contribution in [2.45, 2.75) is 65.7 Å². The lowest BCUT2D eigenvalue weighted by Gasteiger charge is -2.38. The average molecular weight is 390 g/mol. The smallest absolute Gasteiger partial charge is 0.306 e. The number of amides is 1. The standard InChI is InChI=1S/C20H30N4O4/c1-5-27-19(26)7-6-18(25)23-9-8-17-16(12-23)20(22-15(4)21-17)24-10-13(2)28-14(3)11-24/h13-14H,5-12H2,1-4H3. The first-order valence-electron chi connectivity index (χ1n) is 10.1. The first-order chi connectivity index (χ1) is 13.4. The van der Waals surface area contributed by atoms with Crippen molar-refractivity contribution >= 4 is 17.7 Å². The maximum Gasteiger partial charge on any atom is 0.306 e. The quantitative estimate of drug-likeness (QED) is 0.707. The molecule has 28 heavy (non-hydrogen) atoms. The molecule has 2 unspecified atom stereocenters. The zero-order valence-electron chi connectivity index (χ0n) is 17.2. The second-order valence-electron chi connectivity index (χ2n) is 7.55. The summed E-state index contributed by atoms with van der Waals surface area (Å²) in [7, 11) is 0. The molecule has 0 bridgehead atoms. The normalized spacial score (nSPS) is 22.0. The van der Waals surface area contributed by atoms with Crippen LogP contribution in [0.4, 0.5) is 5.82 Å². The third kappa shape index (κ3) is 4.79. The number of ether oxygens (including phenoxy) is 2. The van der Waals surface area contributed by atoms with E-state index >= 15 is 0 Å². The molecule has 0 radical (unpaired) electrons. The summed E-state index contributed by atoms with van der Waals surface area (Å²) in [6.45, 7) is 10.8. The molecular weight excluding hydrogens is 360 g/mol. The van der Waals surface area contributed by atoms with E-state index in [2.05, 4.69) is 23.7 Å². The largest absolute Gasteiger partial charge is 0.466 e. The molecule has 1 amide bonds. The van der Waals surface area contributed by atoms with Gasteiger partial charge < -0.3 is 19.3 Å². The van der Waals surface area contributed by atoms with Gasteiger partial charge in [-0.1, -0.05) is 0 Å². The van der Waals surface area contributed by atoms with Crippen molar-refractivity contribution in [2.24, 2.45) is 0 Å². The van der Waals surface area contributed by atoms with Crippen molar-refractivity contribution in [1.29, 1.82) is 0 Å². The predicted octanol–water partition coefficient (Wildman–Crippen LogP) is 1.63. The van der Waals surface area contributed by atoms with Gasteiger partial charge in [0.25, 0.3) is 0 Å². The van der Waals surface area contributed by atoms with Crippen molar-refractivity contribution in [3.8, 4) is 0 Å². The zero-order chi connectivity index (χ0) is 20.3. The number of morpholine rings is 1. The Hall–Kier alpha value is -2.22. The third-order valence-electron chi connectivity index (χ3n) is 5.07. The van der Waals surface area contributed by atoms with Crippen LogP contribution in [0.15, 0.2) is 0 Å². The Balaban J connectivity index is 1.76. The van der Waals surface area contributed by atoms with Crippen molar-refractivity contribution in [2.75, 3.05) is 31.1 Å². The number of rotatable bonds is 5. The molecule has 0 saturated carbocycles. The molecule has 1 aromatic rings. The Kier molecular flexibility index (Phi) is 6.49. The minimum atomic E-state index is -0.329. The first kappa shape index (κ1) is 20.5. The maximum atomic E-state index is 12.6. The van der Waals surface area contributed by atoms with E-state index in [1.54, 1.807) is 11.8 Å². The highest BCUT2D eigenvalue weighted by molar-refractivity contribution is 5.81. The molecule has 154 valence electrons. The van der Waals surface area contributed by atoms with Gasteiger partial charge in [0.2, 0.25) is 5.91 Å². The number of carbonyl (C=O) groups is 2. The second kappa shape index (κ2) is 8.86. The molecule has 2 aliphatic heterocycles. The molecule has 0 N–H and O–H groups in total. The van der Waals surface area contributed by atoms with Crippen LogP contribution >= 0.6 is 0 Å². The van der Waals surface area contributed by atoms with Gasteiger partial charge >= 0.3 is 5.97 Å². The summed E-state index contributed by atoms with van der Waals surface area (Å²) >= 11 is 0. The minimum absolute atomic E-state index is 0.0334. The zero-order valence-corrected chi connectivity index (χ0v) is 17.2. The van der Waals surface area contributed by atoms with E-state index in [1.807, 2.05) is 6.92 Å². The lowest BCUT2D eigenvalue weighted by Crippen LogP contribution is -2.47. The number of carbonyl (C=O) groups excluding carboxylic acids is 2. The molecular formula is C20H30N4O4. The number of aryl methyl sites for hydroxylation is 1. The number of hydrogen-bond donors (Lipinski definition) is 0. The number of anilines is 1. The van der Waals surface area contributed by atoms with E-state index in [-0.39, 0.29) is 36.9 Å². The fourth-order valence-electron chi connectivity index (χ4n) is 3.94. The second-order valence-corrected chi connectivity index (χ2v) is 7.55. The lowest BCUT2D eigenvalue weighted by atomic mass is 10.0. The Bertz CT molecular complexity index is 729. The highest BCUT2D eigenvalue weighted by Gasteiger charge is 2.30. The molecule has 8 nitrogen and oxygen atoms in total. The molecule has 2 aliphatic rings. The number of hydrogen-bond acceptors (Lipinski definition) is 7. The highest BCUT2D eigenvalue weighted by Crippen LogP contribution is 2.29. The molecule has 3 rings (SSSR count).